The summed E-state index contributed by atoms with van der Waals surface area (Å²) in [6, 6.07) is 10.6. The standard InChI is InChI=1S/C23H39N5S/c1-20(29-21-10-6-4-7-11-21)18-25-22(24-2)26-19-23(12-16-27(3)17-13-23)28-14-8-5-9-15-28/h4,6-7,10-11,20H,5,8-9,12-19H2,1-3H3,(H2,24,25,26). The minimum absolute atomic E-state index is 0.273. The molecular weight excluding hydrogens is 378 g/mol. The molecule has 2 aliphatic heterocycles. The zero-order chi connectivity index (χ0) is 20.5. The molecule has 0 saturated carbocycles. The summed E-state index contributed by atoms with van der Waals surface area (Å²) in [5.41, 5.74) is 0.273. The average Bonchev–Trinajstić information content (AvgIpc) is 2.76. The van der Waals surface area contributed by atoms with Crippen LogP contribution in [0.2, 0.25) is 0 Å². The third-order valence-electron chi connectivity index (χ3n) is 6.39. The van der Waals surface area contributed by atoms with Crippen LogP contribution in [0, 0.1) is 0 Å². The van der Waals surface area contributed by atoms with Crippen LogP contribution >= 0.6 is 11.8 Å². The maximum Gasteiger partial charge on any atom is 0.191 e. The van der Waals surface area contributed by atoms with Crippen LogP contribution in [0.25, 0.3) is 0 Å². The van der Waals surface area contributed by atoms with Gasteiger partial charge in [0.25, 0.3) is 0 Å². The number of aliphatic imine (C=N–C) groups is 1. The molecule has 29 heavy (non-hydrogen) atoms. The summed E-state index contributed by atoms with van der Waals surface area (Å²) in [4.78, 5) is 11.1. The zero-order valence-corrected chi connectivity index (χ0v) is 19.3. The van der Waals surface area contributed by atoms with Crippen molar-refractivity contribution in [2.24, 2.45) is 4.99 Å². The first kappa shape index (κ1) is 22.4. The van der Waals surface area contributed by atoms with E-state index in [0.717, 1.165) is 19.0 Å². The predicted molar refractivity (Wildman–Crippen MR) is 126 cm³/mol. The molecule has 0 aliphatic carbocycles. The topological polar surface area (TPSA) is 42.9 Å². The van der Waals surface area contributed by atoms with Gasteiger partial charge in [-0.15, -0.1) is 11.8 Å². The van der Waals surface area contributed by atoms with E-state index in [0.29, 0.717) is 5.25 Å². The van der Waals surface area contributed by atoms with Crippen molar-refractivity contribution in [3.8, 4) is 0 Å². The molecule has 162 valence electrons. The number of guanidine groups is 1. The average molecular weight is 418 g/mol. The molecule has 1 aromatic carbocycles. The van der Waals surface area contributed by atoms with Crippen LogP contribution < -0.4 is 10.6 Å². The summed E-state index contributed by atoms with van der Waals surface area (Å²) in [6.07, 6.45) is 6.57. The first-order valence-electron chi connectivity index (χ1n) is 11.2. The van der Waals surface area contributed by atoms with E-state index in [9.17, 15) is 0 Å². The van der Waals surface area contributed by atoms with Crippen molar-refractivity contribution in [1.82, 2.24) is 20.4 Å². The summed E-state index contributed by atoms with van der Waals surface area (Å²) >= 11 is 1.91. The van der Waals surface area contributed by atoms with Crippen molar-refractivity contribution in [3.63, 3.8) is 0 Å². The van der Waals surface area contributed by atoms with Crippen molar-refractivity contribution < 1.29 is 0 Å². The Balaban J connectivity index is 1.51. The van der Waals surface area contributed by atoms with E-state index in [1.807, 2.05) is 18.8 Å². The second-order valence-corrected chi connectivity index (χ2v) is 10.1. The number of hydrogen-bond acceptors (Lipinski definition) is 4. The number of piperidine rings is 2. The third-order valence-corrected chi connectivity index (χ3v) is 7.50. The molecule has 1 atom stereocenters. The van der Waals surface area contributed by atoms with Crippen molar-refractivity contribution >= 4 is 17.7 Å². The molecular formula is C23H39N5S. The molecule has 2 saturated heterocycles. The SMILES string of the molecule is CN=C(NCC(C)Sc1ccccc1)NCC1(N2CCCCC2)CCN(C)CC1. The van der Waals surface area contributed by atoms with E-state index in [1.54, 1.807) is 0 Å². The van der Waals surface area contributed by atoms with Crippen LogP contribution in [0.15, 0.2) is 40.2 Å². The smallest absolute Gasteiger partial charge is 0.191 e. The molecule has 2 fully saturated rings. The number of hydrogen-bond donors (Lipinski definition) is 2. The Kier molecular flexibility index (Phi) is 8.69. The number of nitrogens with one attached hydrogen (secondary N) is 2. The summed E-state index contributed by atoms with van der Waals surface area (Å²) in [6.45, 7) is 9.04. The largest absolute Gasteiger partial charge is 0.355 e. The van der Waals surface area contributed by atoms with Crippen molar-refractivity contribution in [2.45, 2.75) is 54.7 Å². The van der Waals surface area contributed by atoms with Gasteiger partial charge in [0, 0.05) is 35.8 Å². The number of rotatable bonds is 7. The van der Waals surface area contributed by atoms with E-state index in [2.05, 4.69) is 69.7 Å². The quantitative estimate of drug-likeness (QED) is 0.405. The maximum absolute atomic E-state index is 4.50. The van der Waals surface area contributed by atoms with Gasteiger partial charge < -0.3 is 15.5 Å². The van der Waals surface area contributed by atoms with Gasteiger partial charge in [-0.05, 0) is 71.0 Å². The molecule has 3 rings (SSSR count). The Labute approximate surface area is 181 Å². The van der Waals surface area contributed by atoms with Crippen molar-refractivity contribution in [2.75, 3.05) is 53.4 Å². The van der Waals surface area contributed by atoms with Crippen LogP contribution in [0.3, 0.4) is 0 Å². The van der Waals surface area contributed by atoms with E-state index in [4.69, 9.17) is 0 Å². The molecule has 1 aromatic rings. The van der Waals surface area contributed by atoms with Crippen LogP contribution in [-0.2, 0) is 0 Å². The normalized spacial score (nSPS) is 22.2. The van der Waals surface area contributed by atoms with Crippen LogP contribution in [0.1, 0.15) is 39.0 Å². The van der Waals surface area contributed by atoms with E-state index >= 15 is 0 Å². The summed E-state index contributed by atoms with van der Waals surface area (Å²) in [5, 5.41) is 7.71. The lowest BCUT2D eigenvalue weighted by molar-refractivity contribution is 0.0173. The zero-order valence-electron chi connectivity index (χ0n) is 18.5. The van der Waals surface area contributed by atoms with Gasteiger partial charge in [0.15, 0.2) is 5.96 Å². The number of thioether (sulfide) groups is 1. The number of likely N-dealkylation sites (tertiary alicyclic amines) is 2. The Hall–Kier alpha value is -1.24. The number of benzene rings is 1. The highest BCUT2D eigenvalue weighted by Gasteiger charge is 2.39. The fraction of sp³-hybridized carbons (Fsp3) is 0.696. The van der Waals surface area contributed by atoms with Gasteiger partial charge in [-0.2, -0.15) is 0 Å². The summed E-state index contributed by atoms with van der Waals surface area (Å²) in [5.74, 6) is 0.931. The van der Waals surface area contributed by atoms with E-state index in [1.165, 1.54) is 63.2 Å². The monoisotopic (exact) mass is 417 g/mol. The molecule has 0 aromatic heterocycles. The lowest BCUT2D eigenvalue weighted by atomic mass is 9.84. The summed E-state index contributed by atoms with van der Waals surface area (Å²) < 4.78 is 0. The van der Waals surface area contributed by atoms with Gasteiger partial charge in [0.2, 0.25) is 0 Å². The van der Waals surface area contributed by atoms with Crippen LogP contribution in [0.5, 0.6) is 0 Å². The van der Waals surface area contributed by atoms with Gasteiger partial charge in [0.05, 0.1) is 0 Å². The molecule has 6 heteroatoms. The fourth-order valence-corrected chi connectivity index (χ4v) is 5.44. The van der Waals surface area contributed by atoms with Gasteiger partial charge in [-0.25, -0.2) is 0 Å². The van der Waals surface area contributed by atoms with Gasteiger partial charge in [-0.3, -0.25) is 9.89 Å². The molecule has 2 N–H and O–H groups in total. The van der Waals surface area contributed by atoms with Crippen molar-refractivity contribution in [3.05, 3.63) is 30.3 Å². The van der Waals surface area contributed by atoms with Gasteiger partial charge in [-0.1, -0.05) is 31.5 Å². The Morgan fingerprint density at radius 2 is 1.76 bits per heavy atom. The van der Waals surface area contributed by atoms with Crippen LogP contribution in [-0.4, -0.2) is 79.9 Å². The molecule has 0 spiro atoms. The highest BCUT2D eigenvalue weighted by molar-refractivity contribution is 8.00. The highest BCUT2D eigenvalue weighted by atomic mass is 32.2. The summed E-state index contributed by atoms with van der Waals surface area (Å²) in [7, 11) is 4.13. The first-order valence-corrected chi connectivity index (χ1v) is 12.1. The molecule has 2 heterocycles. The maximum atomic E-state index is 4.50. The molecule has 0 radical (unpaired) electrons. The second-order valence-electron chi connectivity index (χ2n) is 8.62. The lowest BCUT2D eigenvalue weighted by Crippen LogP contribution is -2.62. The lowest BCUT2D eigenvalue weighted by Gasteiger charge is -2.50. The Bertz CT molecular complexity index is 621. The predicted octanol–water partition coefficient (Wildman–Crippen LogP) is 3.28. The molecule has 5 nitrogen and oxygen atoms in total. The number of nitrogens with zero attached hydrogens (tertiary/aromatic N) is 3. The van der Waals surface area contributed by atoms with Gasteiger partial charge >= 0.3 is 0 Å². The molecule has 2 aliphatic rings. The first-order chi connectivity index (χ1) is 14.1. The molecule has 0 bridgehead atoms. The second kappa shape index (κ2) is 11.2. The Morgan fingerprint density at radius 3 is 2.41 bits per heavy atom. The van der Waals surface area contributed by atoms with E-state index < -0.39 is 0 Å². The van der Waals surface area contributed by atoms with E-state index in [-0.39, 0.29) is 5.54 Å². The minimum Gasteiger partial charge on any atom is -0.355 e. The van der Waals surface area contributed by atoms with Crippen molar-refractivity contribution in [1.29, 1.82) is 0 Å². The van der Waals surface area contributed by atoms with Gasteiger partial charge in [0.1, 0.15) is 0 Å². The third kappa shape index (κ3) is 6.63. The molecule has 1 unspecified atom stereocenters. The minimum atomic E-state index is 0.273. The fourth-order valence-electron chi connectivity index (χ4n) is 4.49. The Morgan fingerprint density at radius 1 is 1.07 bits per heavy atom. The van der Waals surface area contributed by atoms with Crippen LogP contribution in [0.4, 0.5) is 0 Å². The molecule has 0 amide bonds. The highest BCUT2D eigenvalue weighted by Crippen LogP contribution is 2.30.